The van der Waals surface area contributed by atoms with Gasteiger partial charge in [0.25, 0.3) is 0 Å². The average molecular weight is 245 g/mol. The molecule has 4 heteroatoms. The monoisotopic (exact) mass is 245 g/mol. The molecule has 2 atom stereocenters. The van der Waals surface area contributed by atoms with Crippen LogP contribution < -0.4 is 5.32 Å². The highest BCUT2D eigenvalue weighted by Gasteiger charge is 2.36. The Morgan fingerprint density at radius 1 is 1.38 bits per heavy atom. The molecule has 0 bridgehead atoms. The van der Waals surface area contributed by atoms with Gasteiger partial charge in [0.15, 0.2) is 9.84 Å². The van der Waals surface area contributed by atoms with Crippen molar-refractivity contribution in [2.24, 2.45) is 5.92 Å². The molecule has 0 amide bonds. The van der Waals surface area contributed by atoms with E-state index in [1.54, 1.807) is 0 Å². The van der Waals surface area contributed by atoms with Crippen LogP contribution in [0.4, 0.5) is 0 Å². The predicted octanol–water partition coefficient (Wildman–Crippen LogP) is 1.73. The minimum atomic E-state index is -2.71. The number of nitrogens with one attached hydrogen (secondary N) is 1. The zero-order valence-electron chi connectivity index (χ0n) is 10.2. The first-order chi connectivity index (χ1) is 7.55. The second kappa shape index (κ2) is 4.65. The van der Waals surface area contributed by atoms with Crippen molar-refractivity contribution in [1.29, 1.82) is 0 Å². The van der Waals surface area contributed by atoms with E-state index >= 15 is 0 Å². The summed E-state index contributed by atoms with van der Waals surface area (Å²) in [5.74, 6) is 1.24. The first-order valence-electron chi connectivity index (χ1n) is 6.51. The van der Waals surface area contributed by atoms with Crippen LogP contribution in [-0.2, 0) is 9.84 Å². The third kappa shape index (κ3) is 2.77. The molecule has 2 aliphatic heterocycles. The Kier molecular flexibility index (Phi) is 3.59. The van der Waals surface area contributed by atoms with Crippen LogP contribution in [0.3, 0.4) is 0 Å². The Morgan fingerprint density at radius 2 is 2.19 bits per heavy atom. The van der Waals surface area contributed by atoms with E-state index in [0.717, 1.165) is 25.8 Å². The molecule has 2 aliphatic rings. The van der Waals surface area contributed by atoms with Gasteiger partial charge in [-0.1, -0.05) is 13.3 Å². The van der Waals surface area contributed by atoms with Crippen molar-refractivity contribution < 1.29 is 8.42 Å². The molecule has 2 unspecified atom stereocenters. The lowest BCUT2D eigenvalue weighted by atomic mass is 9.79. The van der Waals surface area contributed by atoms with Gasteiger partial charge >= 0.3 is 0 Å². The Labute approximate surface area is 98.9 Å². The fraction of sp³-hybridized carbons (Fsp3) is 1.00. The highest BCUT2D eigenvalue weighted by molar-refractivity contribution is 7.91. The Hall–Kier alpha value is -0.0900. The van der Waals surface area contributed by atoms with E-state index in [4.69, 9.17) is 0 Å². The number of sulfone groups is 1. The number of hydrogen-bond donors (Lipinski definition) is 1. The van der Waals surface area contributed by atoms with Crippen molar-refractivity contribution in [2.75, 3.05) is 18.1 Å². The van der Waals surface area contributed by atoms with Crippen molar-refractivity contribution in [2.45, 2.75) is 51.0 Å². The fourth-order valence-corrected chi connectivity index (χ4v) is 5.10. The zero-order valence-corrected chi connectivity index (χ0v) is 11.0. The summed E-state index contributed by atoms with van der Waals surface area (Å²) >= 11 is 0. The first kappa shape index (κ1) is 12.4. The van der Waals surface area contributed by atoms with Gasteiger partial charge in [0.2, 0.25) is 0 Å². The van der Waals surface area contributed by atoms with Gasteiger partial charge in [-0.2, -0.15) is 0 Å². The van der Waals surface area contributed by atoms with E-state index in [0.29, 0.717) is 17.4 Å². The molecule has 16 heavy (non-hydrogen) atoms. The van der Waals surface area contributed by atoms with Gasteiger partial charge in [0.1, 0.15) is 0 Å². The maximum Gasteiger partial charge on any atom is 0.150 e. The van der Waals surface area contributed by atoms with Crippen molar-refractivity contribution >= 4 is 9.84 Å². The lowest BCUT2D eigenvalue weighted by Gasteiger charge is -2.39. The molecule has 1 N–H and O–H groups in total. The van der Waals surface area contributed by atoms with Gasteiger partial charge in [-0.25, -0.2) is 8.42 Å². The Bertz CT molecular complexity index is 331. The van der Waals surface area contributed by atoms with Crippen LogP contribution in [0.2, 0.25) is 0 Å². The molecule has 3 nitrogen and oxygen atoms in total. The third-order valence-electron chi connectivity index (χ3n) is 4.27. The van der Waals surface area contributed by atoms with Gasteiger partial charge in [-0.3, -0.25) is 0 Å². The Morgan fingerprint density at radius 3 is 2.69 bits per heavy atom. The van der Waals surface area contributed by atoms with E-state index in [1.165, 1.54) is 19.3 Å². The van der Waals surface area contributed by atoms with Gasteiger partial charge < -0.3 is 5.32 Å². The molecule has 0 spiro atoms. The molecule has 0 aliphatic carbocycles. The smallest absolute Gasteiger partial charge is 0.150 e. The number of rotatable bonds is 3. The predicted molar refractivity (Wildman–Crippen MR) is 66.3 cm³/mol. The van der Waals surface area contributed by atoms with Crippen LogP contribution in [0, 0.1) is 5.92 Å². The van der Waals surface area contributed by atoms with Crippen LogP contribution >= 0.6 is 0 Å². The molecule has 2 fully saturated rings. The molecule has 0 radical (unpaired) electrons. The minimum absolute atomic E-state index is 0.239. The van der Waals surface area contributed by atoms with Gasteiger partial charge in [-0.05, 0) is 44.6 Å². The SMILES string of the molecule is CCC1(CC2CCS(=O)(=O)C2)CCCCN1. The van der Waals surface area contributed by atoms with Crippen LogP contribution in [0.15, 0.2) is 0 Å². The second-order valence-corrected chi connectivity index (χ2v) is 7.72. The highest BCUT2D eigenvalue weighted by atomic mass is 32.2. The molecule has 2 saturated heterocycles. The third-order valence-corrected chi connectivity index (χ3v) is 6.10. The maximum absolute atomic E-state index is 11.5. The highest BCUT2D eigenvalue weighted by Crippen LogP contribution is 2.33. The van der Waals surface area contributed by atoms with Crippen molar-refractivity contribution in [3.63, 3.8) is 0 Å². The van der Waals surface area contributed by atoms with Crippen molar-refractivity contribution in [1.82, 2.24) is 5.32 Å². The first-order valence-corrected chi connectivity index (χ1v) is 8.33. The van der Waals surface area contributed by atoms with E-state index < -0.39 is 9.84 Å². The average Bonchev–Trinajstić information content (AvgIpc) is 2.59. The summed E-state index contributed by atoms with van der Waals surface area (Å²) in [7, 11) is -2.71. The fourth-order valence-electron chi connectivity index (χ4n) is 3.24. The standard InChI is InChI=1S/C12H23NO2S/c1-2-12(6-3-4-7-13-12)9-11-5-8-16(14,15)10-11/h11,13H,2-10H2,1H3. The summed E-state index contributed by atoms with van der Waals surface area (Å²) in [5, 5.41) is 3.64. The molecule has 0 saturated carbocycles. The lowest BCUT2D eigenvalue weighted by Crippen LogP contribution is -2.49. The maximum atomic E-state index is 11.5. The zero-order chi connectivity index (χ0) is 11.6. The van der Waals surface area contributed by atoms with Crippen LogP contribution in [0.1, 0.15) is 45.4 Å². The summed E-state index contributed by atoms with van der Waals surface area (Å²) in [6, 6.07) is 0. The topological polar surface area (TPSA) is 46.2 Å². The number of hydrogen-bond acceptors (Lipinski definition) is 3. The molecular formula is C12H23NO2S. The van der Waals surface area contributed by atoms with E-state index in [2.05, 4.69) is 12.2 Å². The van der Waals surface area contributed by atoms with E-state index in [-0.39, 0.29) is 5.54 Å². The van der Waals surface area contributed by atoms with Gasteiger partial charge in [0.05, 0.1) is 11.5 Å². The minimum Gasteiger partial charge on any atom is -0.311 e. The van der Waals surface area contributed by atoms with Crippen molar-refractivity contribution in [3.05, 3.63) is 0 Å². The molecule has 2 heterocycles. The Balaban J connectivity index is 1.97. The molecule has 0 aromatic carbocycles. The second-order valence-electron chi connectivity index (χ2n) is 5.49. The molecule has 0 aromatic rings. The van der Waals surface area contributed by atoms with E-state index in [9.17, 15) is 8.42 Å². The molecule has 94 valence electrons. The number of piperidine rings is 1. The summed E-state index contributed by atoms with van der Waals surface area (Å²) < 4.78 is 22.9. The molecule has 2 rings (SSSR count). The quantitative estimate of drug-likeness (QED) is 0.823. The van der Waals surface area contributed by atoms with Crippen LogP contribution in [-0.4, -0.2) is 32.0 Å². The van der Waals surface area contributed by atoms with Gasteiger partial charge in [0, 0.05) is 5.54 Å². The van der Waals surface area contributed by atoms with Crippen LogP contribution in [0.5, 0.6) is 0 Å². The lowest BCUT2D eigenvalue weighted by molar-refractivity contribution is 0.201. The van der Waals surface area contributed by atoms with Crippen LogP contribution in [0.25, 0.3) is 0 Å². The summed E-state index contributed by atoms with van der Waals surface area (Å²) in [6.45, 7) is 3.33. The van der Waals surface area contributed by atoms with Crippen molar-refractivity contribution in [3.8, 4) is 0 Å². The summed E-state index contributed by atoms with van der Waals surface area (Å²) in [6.07, 6.45) is 6.85. The summed E-state index contributed by atoms with van der Waals surface area (Å²) in [5.41, 5.74) is 0.239. The molecule has 0 aromatic heterocycles. The largest absolute Gasteiger partial charge is 0.311 e. The summed E-state index contributed by atoms with van der Waals surface area (Å²) in [4.78, 5) is 0. The van der Waals surface area contributed by atoms with Gasteiger partial charge in [-0.15, -0.1) is 0 Å². The van der Waals surface area contributed by atoms with E-state index in [1.807, 2.05) is 0 Å². The molecular weight excluding hydrogens is 222 g/mol. The normalized spacial score (nSPS) is 38.7.